The summed E-state index contributed by atoms with van der Waals surface area (Å²) in [4.78, 5) is 13.9. The maximum absolute atomic E-state index is 8.56. The summed E-state index contributed by atoms with van der Waals surface area (Å²) in [6, 6.07) is 66.4. The fourth-order valence-corrected chi connectivity index (χ4v) is 15.6. The topological polar surface area (TPSA) is 124 Å². The van der Waals surface area contributed by atoms with Gasteiger partial charge in [0, 0.05) is 0 Å². The summed E-state index contributed by atoms with van der Waals surface area (Å²) in [5.41, 5.74) is 26.2. The van der Waals surface area contributed by atoms with Crippen molar-refractivity contribution < 1.29 is 59.1 Å². The molecule has 0 spiro atoms. The third-order valence-electron chi connectivity index (χ3n) is 19.7. The summed E-state index contributed by atoms with van der Waals surface area (Å²) < 4.78 is 2.27. The van der Waals surface area contributed by atoms with Crippen LogP contribution in [-0.2, 0) is 49.5 Å². The zero-order chi connectivity index (χ0) is 84.1. The molecule has 6 N–H and O–H groups in total. The van der Waals surface area contributed by atoms with Crippen molar-refractivity contribution >= 4 is 59.4 Å². The molecule has 2 radical (unpaired) electrons. The van der Waals surface area contributed by atoms with E-state index in [2.05, 4.69) is 415 Å². The van der Waals surface area contributed by atoms with E-state index in [1.54, 1.807) is 27.7 Å². The minimum Gasteiger partial charge on any atom is -0.323 e. The van der Waals surface area contributed by atoms with Gasteiger partial charge in [0.05, 0.1) is 24.4 Å². The summed E-state index contributed by atoms with van der Waals surface area (Å²) in [7, 11) is 20.7. The molecule has 2 heterocycles. The molecule has 112 heavy (non-hydrogen) atoms. The Morgan fingerprint density at radius 3 is 0.857 bits per heavy atom. The van der Waals surface area contributed by atoms with Crippen LogP contribution in [0.25, 0.3) is 44.5 Å². The molecular formula is C94H136B4N8O4Pt2-2. The fourth-order valence-electron chi connectivity index (χ4n) is 13.5. The predicted molar refractivity (Wildman–Crippen MR) is 483 cm³/mol. The number of nitrogens with one attached hydrogen (secondary N) is 2. The maximum Gasteiger partial charge on any atom is -0.0167 e. The van der Waals surface area contributed by atoms with Crippen molar-refractivity contribution in [3.63, 3.8) is 0 Å². The number of anilines is 4. The Bertz CT molecular complexity index is 4090. The first-order valence-electron chi connectivity index (χ1n) is 40.3. The molecule has 0 bridgehead atoms. The molecule has 0 aromatic heterocycles. The van der Waals surface area contributed by atoms with Crippen molar-refractivity contribution in [3.05, 3.63) is 214 Å². The van der Waals surface area contributed by atoms with Gasteiger partial charge in [-0.05, 0) is 68.7 Å². The molecule has 0 aliphatic carbocycles. The Balaban J connectivity index is 0.000000326. The Hall–Kier alpha value is -5.98. The molecule has 4 atom stereocenters. The second kappa shape index (κ2) is 44.4. The van der Waals surface area contributed by atoms with Crippen molar-refractivity contribution in [1.82, 2.24) is 20.3 Å². The minimum absolute atomic E-state index is 0.0608. The van der Waals surface area contributed by atoms with E-state index >= 15 is 0 Å². The van der Waals surface area contributed by atoms with Crippen LogP contribution in [-0.4, -0.2) is 147 Å². The Labute approximate surface area is 704 Å². The summed E-state index contributed by atoms with van der Waals surface area (Å²) in [6.45, 7) is 48.1. The van der Waals surface area contributed by atoms with Gasteiger partial charge < -0.3 is 31.1 Å². The SMILES string of the molecule is CC(C)c1cc(C(C)C)c(-c2c[c-]c(N3B(N(C)C)[B]N(c4ccc(-c5c(C(C)C)cc(C(C)C)cc5C(C)C)cc4)[C]3=[Pt])cc2)c(C(C)C)c1.CC(O)CC(C)O.CC(O)CC(C)O.CN(C)B1[B]N(c2ccc(-c3ccc(C(C)(C)C)cc3)cc2)[C](=[Pt])N1c1[c-]cc(-c2ccc(C(C)(C)C)cc2)cc1.CNC.CNC. The van der Waals surface area contributed by atoms with Crippen LogP contribution >= 0.6 is 0 Å². The van der Waals surface area contributed by atoms with Gasteiger partial charge in [0.2, 0.25) is 0 Å². The molecule has 10 rings (SSSR count). The third kappa shape index (κ3) is 27.0. The first-order valence-corrected chi connectivity index (χ1v) is 42.6. The van der Waals surface area contributed by atoms with Crippen molar-refractivity contribution in [3.8, 4) is 44.5 Å². The van der Waals surface area contributed by atoms with Gasteiger partial charge in [-0.3, -0.25) is 0 Å². The van der Waals surface area contributed by atoms with Crippen LogP contribution in [0.15, 0.2) is 158 Å². The van der Waals surface area contributed by atoms with Gasteiger partial charge in [0.25, 0.3) is 0 Å². The van der Waals surface area contributed by atoms with Crippen molar-refractivity contribution in [2.45, 2.75) is 236 Å². The molecule has 2 aliphatic rings. The molecule has 610 valence electrons. The molecule has 4 unspecified atom stereocenters. The molecule has 2 aliphatic heterocycles. The van der Waals surface area contributed by atoms with Gasteiger partial charge in [-0.15, -0.1) is 0 Å². The monoisotopic (exact) mass is 1880 g/mol. The zero-order valence-electron chi connectivity index (χ0n) is 73.6. The van der Waals surface area contributed by atoms with Gasteiger partial charge in [-0.25, -0.2) is 0 Å². The number of hydrogen-bond acceptors (Lipinski definition) is 12. The van der Waals surface area contributed by atoms with Gasteiger partial charge in [-0.1, -0.05) is 0 Å². The van der Waals surface area contributed by atoms with Crippen molar-refractivity contribution in [1.29, 1.82) is 0 Å². The minimum atomic E-state index is -0.375. The average molecular weight is 1880 g/mol. The van der Waals surface area contributed by atoms with Crippen LogP contribution in [0.4, 0.5) is 22.7 Å². The van der Waals surface area contributed by atoms with Gasteiger partial charge in [0.1, 0.15) is 0 Å². The smallest absolute Gasteiger partial charge is 0.0167 e. The quantitative estimate of drug-likeness (QED) is 0.0322. The normalized spacial score (nSPS) is 14.2. The molecule has 2 fully saturated rings. The molecule has 12 nitrogen and oxygen atoms in total. The second-order valence-corrected chi connectivity index (χ2v) is 36.7. The largest absolute Gasteiger partial charge is 0.323 e. The molecule has 8 aromatic rings. The van der Waals surface area contributed by atoms with E-state index in [9.17, 15) is 0 Å². The first kappa shape index (κ1) is 96.6. The molecule has 8 aromatic carbocycles. The first-order chi connectivity index (χ1) is 52.4. The number of benzene rings is 8. The summed E-state index contributed by atoms with van der Waals surface area (Å²) in [5.74, 6) is 2.77. The van der Waals surface area contributed by atoms with E-state index in [4.69, 9.17) is 20.4 Å². The number of hydrogen-bond donors (Lipinski definition) is 6. The predicted octanol–water partition coefficient (Wildman–Crippen LogP) is 19.2. The zero-order valence-corrected chi connectivity index (χ0v) is 78.2. The van der Waals surface area contributed by atoms with Gasteiger partial charge >= 0.3 is 585 Å². The Morgan fingerprint density at radius 2 is 0.625 bits per heavy atom. The number of nitrogens with zero attached hydrogens (tertiary/aromatic N) is 6. The van der Waals surface area contributed by atoms with Crippen LogP contribution in [0.2, 0.25) is 0 Å². The molecule has 18 heteroatoms. The van der Waals surface area contributed by atoms with E-state index in [1.807, 2.05) is 28.2 Å². The standard InChI is InChI=1S/C45H59B2N3.C35H39B2N3.2C5H12O2.2C2H7N.2Pt/c1-28(2)36-23-40(30(5)6)44(41(24-36)31(7)8)34-15-19-38(20-16-34)49-27-50(47(46-49)48(13)14)39-21-17-35(18-22-39)45-42(32(9)10)25-37(29(3)4)26-43(45)33(11)12;1-34(2,3)30-17-9-26(10-18-30)28-13-21-32(22-14-28)39-25-40(37(36-39)38(7)8)33-23-15-29(16-24-33)27-11-19-31(20-12-27)35(4,5)6;2*1-4(6)3-5(2)7;2*1-3-2;;/h15-21,23-26,28-33H,1-14H3;9-23H,1-8H3;2*4-7H,3H2,1-2H3;2*3H,1-2H3;;/q2*-1;;;;;;. The van der Waals surface area contributed by atoms with E-state index in [0.29, 0.717) is 48.3 Å². The number of aliphatic hydroxyl groups excluding tert-OH is 4. The fraction of sp³-hybridized carbons (Fsp3) is 0.468. The summed E-state index contributed by atoms with van der Waals surface area (Å²) >= 11 is 4.94. The Morgan fingerprint density at radius 1 is 0.375 bits per heavy atom. The molecule has 2 saturated heterocycles. The van der Waals surface area contributed by atoms with Crippen molar-refractivity contribution in [2.75, 3.05) is 75.6 Å². The van der Waals surface area contributed by atoms with E-state index < -0.39 is 0 Å². The van der Waals surface area contributed by atoms with Crippen LogP contribution in [0.1, 0.15) is 245 Å². The third-order valence-corrected chi connectivity index (χ3v) is 21.9. The van der Waals surface area contributed by atoms with Crippen LogP contribution < -0.4 is 29.9 Å². The van der Waals surface area contributed by atoms with Crippen LogP contribution in [0, 0.1) is 12.1 Å². The molecular weight excluding hydrogens is 1740 g/mol. The van der Waals surface area contributed by atoms with Gasteiger partial charge in [-0.2, -0.15) is 0 Å². The second-order valence-electron chi connectivity index (χ2n) is 34.6. The maximum atomic E-state index is 8.56. The number of rotatable bonds is 20. The summed E-state index contributed by atoms with van der Waals surface area (Å²) in [6.07, 6.45) is -0.556. The summed E-state index contributed by atoms with van der Waals surface area (Å²) in [5, 5.41) is 39.8. The van der Waals surface area contributed by atoms with Crippen LogP contribution in [0.5, 0.6) is 0 Å². The van der Waals surface area contributed by atoms with E-state index in [0.717, 1.165) is 25.4 Å². The number of aliphatic hydroxyl groups is 4. The Kier molecular flexibility index (Phi) is 38.3. The average Bonchev–Trinajstić information content (AvgIpc) is 1.65. The van der Waals surface area contributed by atoms with E-state index in [1.165, 1.54) is 94.7 Å². The van der Waals surface area contributed by atoms with Gasteiger partial charge in [0.15, 0.2) is 0 Å². The molecule has 0 amide bonds. The van der Waals surface area contributed by atoms with Crippen LogP contribution in [0.3, 0.4) is 0 Å². The molecule has 0 saturated carbocycles. The van der Waals surface area contributed by atoms with Crippen molar-refractivity contribution in [2.24, 2.45) is 0 Å². The van der Waals surface area contributed by atoms with E-state index in [-0.39, 0.29) is 49.0 Å².